The zero-order valence-corrected chi connectivity index (χ0v) is 7.59. The molecule has 0 aliphatic heterocycles. The topological polar surface area (TPSA) is 37.3 Å². The zero-order chi connectivity index (χ0) is 8.81. The fraction of sp³-hybridized carbons (Fsp3) is 0.900. The van der Waals surface area contributed by atoms with Gasteiger partial charge in [0.05, 0.1) is 0 Å². The van der Waals surface area contributed by atoms with Crippen molar-refractivity contribution >= 4 is 5.78 Å². The Morgan fingerprint density at radius 2 is 1.92 bits per heavy atom. The minimum atomic E-state index is -0.271. The molecule has 1 fully saturated rings. The molecule has 1 rings (SSSR count). The van der Waals surface area contributed by atoms with Gasteiger partial charge in [0.15, 0.2) is 5.78 Å². The van der Waals surface area contributed by atoms with Crippen LogP contribution >= 0.6 is 0 Å². The summed E-state index contributed by atoms with van der Waals surface area (Å²) in [5.74, 6) is 0.759. The molecule has 0 bridgehead atoms. The second kappa shape index (κ2) is 5.31. The van der Waals surface area contributed by atoms with Crippen LogP contribution in [0.15, 0.2) is 0 Å². The highest BCUT2D eigenvalue weighted by atomic mass is 16.3. The Labute approximate surface area is 74.0 Å². The minimum Gasteiger partial charge on any atom is -0.389 e. The highest BCUT2D eigenvalue weighted by Gasteiger charge is 2.14. The Bertz CT molecular complexity index is 137. The Hall–Kier alpha value is -0.370. The number of aliphatic hydroxyl groups excluding tert-OH is 1. The van der Waals surface area contributed by atoms with Crippen LogP contribution in [0.25, 0.3) is 0 Å². The molecule has 1 aliphatic carbocycles. The van der Waals surface area contributed by atoms with Crippen LogP contribution in [0.4, 0.5) is 0 Å². The lowest BCUT2D eigenvalue weighted by Gasteiger charge is -2.20. The molecule has 1 aliphatic rings. The molecule has 12 heavy (non-hydrogen) atoms. The zero-order valence-electron chi connectivity index (χ0n) is 7.59. The van der Waals surface area contributed by atoms with E-state index in [1.54, 1.807) is 0 Å². The number of carbonyl (C=O) groups is 1. The van der Waals surface area contributed by atoms with Crippen LogP contribution in [0.2, 0.25) is 0 Å². The van der Waals surface area contributed by atoms with Gasteiger partial charge < -0.3 is 5.11 Å². The molecule has 2 nitrogen and oxygen atoms in total. The van der Waals surface area contributed by atoms with Gasteiger partial charge in [0, 0.05) is 6.42 Å². The van der Waals surface area contributed by atoms with Gasteiger partial charge >= 0.3 is 0 Å². The molecule has 0 saturated heterocycles. The summed E-state index contributed by atoms with van der Waals surface area (Å²) in [7, 11) is 0. The molecule has 1 saturated carbocycles. The van der Waals surface area contributed by atoms with Crippen LogP contribution in [0.5, 0.6) is 0 Å². The van der Waals surface area contributed by atoms with Crippen molar-refractivity contribution in [3.05, 3.63) is 0 Å². The SMILES string of the molecule is O=C(CO)CCC1CCCCC1. The van der Waals surface area contributed by atoms with Gasteiger partial charge in [-0.1, -0.05) is 32.1 Å². The average molecular weight is 170 g/mol. The molecular formula is C10H18O2. The van der Waals surface area contributed by atoms with Crippen molar-refractivity contribution in [2.45, 2.75) is 44.9 Å². The number of ketones is 1. The second-order valence-electron chi connectivity index (χ2n) is 3.74. The largest absolute Gasteiger partial charge is 0.389 e. The lowest BCUT2D eigenvalue weighted by atomic mass is 9.86. The van der Waals surface area contributed by atoms with Crippen LogP contribution in [-0.4, -0.2) is 17.5 Å². The first kappa shape index (κ1) is 9.72. The van der Waals surface area contributed by atoms with E-state index in [9.17, 15) is 4.79 Å². The fourth-order valence-corrected chi connectivity index (χ4v) is 1.92. The minimum absolute atomic E-state index is 0.000531. The van der Waals surface area contributed by atoms with Gasteiger partial charge in [0.25, 0.3) is 0 Å². The summed E-state index contributed by atoms with van der Waals surface area (Å²) in [4.78, 5) is 10.8. The molecular weight excluding hydrogens is 152 g/mol. The third-order valence-corrected chi connectivity index (χ3v) is 2.73. The van der Waals surface area contributed by atoms with Gasteiger partial charge in [-0.3, -0.25) is 4.79 Å². The standard InChI is InChI=1S/C10H18O2/c11-8-10(12)7-6-9-4-2-1-3-5-9/h9,11H,1-8H2. The molecule has 1 N–H and O–H groups in total. The third kappa shape index (κ3) is 3.35. The van der Waals surface area contributed by atoms with E-state index in [4.69, 9.17) is 5.11 Å². The van der Waals surface area contributed by atoms with E-state index in [0.29, 0.717) is 6.42 Å². The van der Waals surface area contributed by atoms with Crippen LogP contribution in [0.3, 0.4) is 0 Å². The smallest absolute Gasteiger partial charge is 0.158 e. The predicted molar refractivity (Wildman–Crippen MR) is 47.9 cm³/mol. The first-order chi connectivity index (χ1) is 5.83. The van der Waals surface area contributed by atoms with Gasteiger partial charge in [-0.15, -0.1) is 0 Å². The lowest BCUT2D eigenvalue weighted by Crippen LogP contribution is -2.10. The van der Waals surface area contributed by atoms with Crippen molar-refractivity contribution in [2.24, 2.45) is 5.92 Å². The molecule has 0 aromatic rings. The summed E-state index contributed by atoms with van der Waals surface area (Å²) in [6, 6.07) is 0. The molecule has 2 heteroatoms. The van der Waals surface area contributed by atoms with Crippen LogP contribution in [0, 0.1) is 5.92 Å². The number of aliphatic hydroxyl groups is 1. The summed E-state index contributed by atoms with van der Waals surface area (Å²) in [6.45, 7) is -0.271. The van der Waals surface area contributed by atoms with Crippen LogP contribution in [0.1, 0.15) is 44.9 Å². The molecule has 0 radical (unpaired) electrons. The fourth-order valence-electron chi connectivity index (χ4n) is 1.92. The maximum Gasteiger partial charge on any atom is 0.158 e. The van der Waals surface area contributed by atoms with Crippen molar-refractivity contribution < 1.29 is 9.90 Å². The van der Waals surface area contributed by atoms with Crippen LogP contribution < -0.4 is 0 Å². The Morgan fingerprint density at radius 1 is 1.25 bits per heavy atom. The van der Waals surface area contributed by atoms with Crippen molar-refractivity contribution in [3.8, 4) is 0 Å². The monoisotopic (exact) mass is 170 g/mol. The molecule has 0 amide bonds. The summed E-state index contributed by atoms with van der Waals surface area (Å²) < 4.78 is 0. The molecule has 0 spiro atoms. The molecule has 0 aromatic heterocycles. The third-order valence-electron chi connectivity index (χ3n) is 2.73. The van der Waals surface area contributed by atoms with E-state index >= 15 is 0 Å². The molecule has 0 atom stereocenters. The van der Waals surface area contributed by atoms with Gasteiger partial charge in [0.1, 0.15) is 6.61 Å². The number of rotatable bonds is 4. The Morgan fingerprint density at radius 3 is 2.50 bits per heavy atom. The Balaban J connectivity index is 2.09. The number of hydrogen-bond donors (Lipinski definition) is 1. The predicted octanol–water partition coefficient (Wildman–Crippen LogP) is 1.91. The molecule has 0 aromatic carbocycles. The van der Waals surface area contributed by atoms with E-state index in [2.05, 4.69) is 0 Å². The quantitative estimate of drug-likeness (QED) is 0.699. The normalized spacial score (nSPS) is 19.4. The summed E-state index contributed by atoms with van der Waals surface area (Å²) in [5.41, 5.74) is 0. The summed E-state index contributed by atoms with van der Waals surface area (Å²) in [5, 5.41) is 8.51. The highest BCUT2D eigenvalue weighted by molar-refractivity contribution is 5.79. The summed E-state index contributed by atoms with van der Waals surface area (Å²) in [6.07, 6.45) is 8.19. The van der Waals surface area contributed by atoms with Gasteiger partial charge in [-0.25, -0.2) is 0 Å². The number of Topliss-reactive ketones (excluding diaryl/α,β-unsaturated/α-hetero) is 1. The number of hydrogen-bond acceptors (Lipinski definition) is 2. The number of carbonyl (C=O) groups excluding carboxylic acids is 1. The van der Waals surface area contributed by atoms with Gasteiger partial charge in [-0.05, 0) is 12.3 Å². The Kier molecular flexibility index (Phi) is 4.30. The van der Waals surface area contributed by atoms with Crippen LogP contribution in [-0.2, 0) is 4.79 Å². The second-order valence-corrected chi connectivity index (χ2v) is 3.74. The maximum absolute atomic E-state index is 10.8. The van der Waals surface area contributed by atoms with Crippen molar-refractivity contribution in [2.75, 3.05) is 6.61 Å². The maximum atomic E-state index is 10.8. The molecule has 0 unspecified atom stereocenters. The first-order valence-corrected chi connectivity index (χ1v) is 4.95. The van der Waals surface area contributed by atoms with Gasteiger partial charge in [0.2, 0.25) is 0 Å². The van der Waals surface area contributed by atoms with E-state index in [0.717, 1.165) is 12.3 Å². The van der Waals surface area contributed by atoms with E-state index in [1.807, 2.05) is 0 Å². The van der Waals surface area contributed by atoms with Crippen molar-refractivity contribution in [1.82, 2.24) is 0 Å². The average Bonchev–Trinajstić information content (AvgIpc) is 2.16. The van der Waals surface area contributed by atoms with E-state index in [1.165, 1.54) is 32.1 Å². The van der Waals surface area contributed by atoms with E-state index in [-0.39, 0.29) is 12.4 Å². The van der Waals surface area contributed by atoms with Crippen molar-refractivity contribution in [3.63, 3.8) is 0 Å². The van der Waals surface area contributed by atoms with Gasteiger partial charge in [-0.2, -0.15) is 0 Å². The molecule has 0 heterocycles. The summed E-state index contributed by atoms with van der Waals surface area (Å²) >= 11 is 0. The molecule has 70 valence electrons. The highest BCUT2D eigenvalue weighted by Crippen LogP contribution is 2.27. The van der Waals surface area contributed by atoms with Crippen molar-refractivity contribution in [1.29, 1.82) is 0 Å². The first-order valence-electron chi connectivity index (χ1n) is 4.95. The lowest BCUT2D eigenvalue weighted by molar-refractivity contribution is -0.122. The van der Waals surface area contributed by atoms with E-state index < -0.39 is 0 Å².